The minimum Gasteiger partial charge on any atom is -0.382 e. The molecule has 1 N–H and O–H groups in total. The molecule has 2 heteroatoms. The maximum Gasteiger partial charge on any atom is 0.0367 e. The fourth-order valence-electron chi connectivity index (χ4n) is 4.22. The van der Waals surface area contributed by atoms with E-state index in [2.05, 4.69) is 55.3 Å². The molecule has 2 fully saturated rings. The second-order valence-electron chi connectivity index (χ2n) is 7.90. The van der Waals surface area contributed by atoms with Crippen LogP contribution in [-0.4, -0.2) is 19.1 Å². The molecule has 116 valence electrons. The highest BCUT2D eigenvalue weighted by Crippen LogP contribution is 2.42. The Morgan fingerprint density at radius 3 is 2.24 bits per heavy atom. The molecule has 2 aliphatic rings. The van der Waals surface area contributed by atoms with Crippen molar-refractivity contribution in [3.05, 3.63) is 24.3 Å². The molecular formula is C19H30N2. The summed E-state index contributed by atoms with van der Waals surface area (Å²) in [5.41, 5.74) is 3.16. The Hall–Kier alpha value is -1.18. The first-order valence-electron chi connectivity index (χ1n) is 8.65. The molecule has 2 unspecified atom stereocenters. The fraction of sp³-hybridized carbons (Fsp3) is 0.684. The van der Waals surface area contributed by atoms with Crippen LogP contribution in [0.4, 0.5) is 11.4 Å². The summed E-state index contributed by atoms with van der Waals surface area (Å²) in [6.45, 7) is 9.62. The van der Waals surface area contributed by atoms with Crippen LogP contribution in [-0.2, 0) is 0 Å². The van der Waals surface area contributed by atoms with Gasteiger partial charge in [0.2, 0.25) is 0 Å². The molecule has 1 saturated carbocycles. The molecule has 21 heavy (non-hydrogen) atoms. The van der Waals surface area contributed by atoms with Crippen molar-refractivity contribution in [3.63, 3.8) is 0 Å². The van der Waals surface area contributed by atoms with Crippen LogP contribution >= 0.6 is 0 Å². The quantitative estimate of drug-likeness (QED) is 0.849. The molecule has 0 bridgehead atoms. The van der Waals surface area contributed by atoms with Gasteiger partial charge in [-0.05, 0) is 67.7 Å². The number of benzene rings is 1. The van der Waals surface area contributed by atoms with E-state index in [1.54, 1.807) is 0 Å². The highest BCUT2D eigenvalue weighted by Gasteiger charge is 2.36. The molecule has 1 saturated heterocycles. The third-order valence-electron chi connectivity index (χ3n) is 5.27. The van der Waals surface area contributed by atoms with E-state index in [4.69, 9.17) is 0 Å². The van der Waals surface area contributed by atoms with Crippen molar-refractivity contribution in [1.29, 1.82) is 0 Å². The van der Waals surface area contributed by atoms with Gasteiger partial charge >= 0.3 is 0 Å². The third kappa shape index (κ3) is 3.53. The molecule has 0 radical (unpaired) electrons. The zero-order valence-corrected chi connectivity index (χ0v) is 13.9. The van der Waals surface area contributed by atoms with Gasteiger partial charge in [0.05, 0.1) is 0 Å². The van der Waals surface area contributed by atoms with Gasteiger partial charge in [0, 0.05) is 30.5 Å². The normalized spacial score (nSPS) is 28.6. The van der Waals surface area contributed by atoms with Crippen LogP contribution in [0.2, 0.25) is 0 Å². The van der Waals surface area contributed by atoms with E-state index in [-0.39, 0.29) is 0 Å². The molecular weight excluding hydrogens is 256 g/mol. The van der Waals surface area contributed by atoms with Crippen LogP contribution in [0.1, 0.15) is 52.9 Å². The number of piperidine rings is 1. The molecule has 3 rings (SSSR count). The van der Waals surface area contributed by atoms with Crippen LogP contribution in [0.25, 0.3) is 0 Å². The van der Waals surface area contributed by atoms with E-state index in [0.29, 0.717) is 11.5 Å². The van der Waals surface area contributed by atoms with Gasteiger partial charge in [-0.15, -0.1) is 0 Å². The van der Waals surface area contributed by atoms with Gasteiger partial charge in [0.15, 0.2) is 0 Å². The van der Waals surface area contributed by atoms with Crippen LogP contribution in [0, 0.1) is 11.3 Å². The summed E-state index contributed by atoms with van der Waals surface area (Å²) in [5.74, 6) is 0.766. The Kier molecular flexibility index (Phi) is 4.14. The van der Waals surface area contributed by atoms with Crippen molar-refractivity contribution < 1.29 is 0 Å². The van der Waals surface area contributed by atoms with Crippen molar-refractivity contribution >= 4 is 11.4 Å². The molecule has 1 aromatic carbocycles. The minimum absolute atomic E-state index is 0.491. The summed E-state index contributed by atoms with van der Waals surface area (Å²) >= 11 is 0. The number of hydrogen-bond acceptors (Lipinski definition) is 2. The van der Waals surface area contributed by atoms with Gasteiger partial charge in [-0.25, -0.2) is 0 Å². The van der Waals surface area contributed by atoms with Crippen molar-refractivity contribution in [1.82, 2.24) is 0 Å². The zero-order chi connectivity index (χ0) is 14.9. The summed E-state index contributed by atoms with van der Waals surface area (Å²) in [6.07, 6.45) is 6.69. The van der Waals surface area contributed by atoms with Crippen molar-refractivity contribution in [2.24, 2.45) is 11.3 Å². The molecule has 1 heterocycles. The summed E-state index contributed by atoms with van der Waals surface area (Å²) in [5, 5.41) is 3.76. The SMILES string of the molecule is CC1CC(C)(C)CC1Nc1ccc(N2CCCCC2)cc1. The van der Waals surface area contributed by atoms with E-state index in [1.807, 2.05) is 0 Å². The van der Waals surface area contributed by atoms with Crippen molar-refractivity contribution in [2.45, 2.75) is 58.9 Å². The Balaban J connectivity index is 1.62. The topological polar surface area (TPSA) is 15.3 Å². The highest BCUT2D eigenvalue weighted by molar-refractivity contribution is 5.55. The predicted octanol–water partition coefficient (Wildman–Crippen LogP) is 4.91. The molecule has 1 aromatic rings. The summed E-state index contributed by atoms with van der Waals surface area (Å²) < 4.78 is 0. The standard InChI is InChI=1S/C19H30N2/c1-15-13-19(2,3)14-18(15)20-16-7-9-17(10-8-16)21-11-5-4-6-12-21/h7-10,15,18,20H,4-6,11-14H2,1-3H3. The minimum atomic E-state index is 0.491. The fourth-order valence-corrected chi connectivity index (χ4v) is 4.22. The van der Waals surface area contributed by atoms with E-state index in [9.17, 15) is 0 Å². The maximum absolute atomic E-state index is 3.76. The Morgan fingerprint density at radius 1 is 1.00 bits per heavy atom. The lowest BCUT2D eigenvalue weighted by Gasteiger charge is -2.29. The number of anilines is 2. The average molecular weight is 286 g/mol. The number of rotatable bonds is 3. The third-order valence-corrected chi connectivity index (χ3v) is 5.27. The van der Waals surface area contributed by atoms with E-state index in [1.165, 1.54) is 56.6 Å². The van der Waals surface area contributed by atoms with Crippen molar-refractivity contribution in [3.8, 4) is 0 Å². The van der Waals surface area contributed by atoms with Gasteiger partial charge in [-0.1, -0.05) is 20.8 Å². The summed E-state index contributed by atoms with van der Waals surface area (Å²) in [6, 6.07) is 9.74. The lowest BCUT2D eigenvalue weighted by molar-refractivity contribution is 0.366. The van der Waals surface area contributed by atoms with Gasteiger partial charge in [-0.2, -0.15) is 0 Å². The largest absolute Gasteiger partial charge is 0.382 e. The molecule has 1 aliphatic heterocycles. The number of nitrogens with one attached hydrogen (secondary N) is 1. The molecule has 0 aromatic heterocycles. The first-order valence-corrected chi connectivity index (χ1v) is 8.65. The van der Waals surface area contributed by atoms with E-state index in [0.717, 1.165) is 5.92 Å². The second-order valence-corrected chi connectivity index (χ2v) is 7.90. The molecule has 1 aliphatic carbocycles. The number of hydrogen-bond donors (Lipinski definition) is 1. The molecule has 0 spiro atoms. The average Bonchev–Trinajstić information content (AvgIpc) is 2.73. The maximum atomic E-state index is 3.76. The monoisotopic (exact) mass is 286 g/mol. The van der Waals surface area contributed by atoms with Crippen molar-refractivity contribution in [2.75, 3.05) is 23.3 Å². The summed E-state index contributed by atoms with van der Waals surface area (Å²) in [7, 11) is 0. The predicted molar refractivity (Wildman–Crippen MR) is 92.1 cm³/mol. The second kappa shape index (κ2) is 5.90. The van der Waals surface area contributed by atoms with Crippen LogP contribution in [0.15, 0.2) is 24.3 Å². The Labute approximate surface area is 129 Å². The first kappa shape index (κ1) is 14.7. The van der Waals surface area contributed by atoms with Gasteiger partial charge in [-0.3, -0.25) is 0 Å². The summed E-state index contributed by atoms with van der Waals surface area (Å²) in [4.78, 5) is 2.52. The lowest BCUT2D eigenvalue weighted by Crippen LogP contribution is -2.29. The Bertz CT molecular complexity index is 457. The van der Waals surface area contributed by atoms with E-state index >= 15 is 0 Å². The lowest BCUT2D eigenvalue weighted by atomic mass is 9.91. The van der Waals surface area contributed by atoms with Crippen LogP contribution in [0.5, 0.6) is 0 Å². The van der Waals surface area contributed by atoms with Crippen LogP contribution in [0.3, 0.4) is 0 Å². The number of nitrogens with zero attached hydrogens (tertiary/aromatic N) is 1. The van der Waals surface area contributed by atoms with Gasteiger partial charge in [0.1, 0.15) is 0 Å². The zero-order valence-electron chi connectivity index (χ0n) is 13.9. The molecule has 0 amide bonds. The first-order chi connectivity index (χ1) is 10.0. The van der Waals surface area contributed by atoms with Crippen LogP contribution < -0.4 is 10.2 Å². The smallest absolute Gasteiger partial charge is 0.0367 e. The highest BCUT2D eigenvalue weighted by atomic mass is 15.1. The van der Waals surface area contributed by atoms with E-state index < -0.39 is 0 Å². The molecule has 2 atom stereocenters. The van der Waals surface area contributed by atoms with Gasteiger partial charge in [0.25, 0.3) is 0 Å². The molecule has 2 nitrogen and oxygen atoms in total. The Morgan fingerprint density at radius 2 is 1.67 bits per heavy atom. The van der Waals surface area contributed by atoms with Gasteiger partial charge < -0.3 is 10.2 Å².